The summed E-state index contributed by atoms with van der Waals surface area (Å²) >= 11 is 4.87. The first-order valence-electron chi connectivity index (χ1n) is 6.01. The number of anilines is 2. The molecule has 0 aliphatic rings. The minimum absolute atomic E-state index is 0.0577. The molecule has 0 spiro atoms. The SMILES string of the molecule is Nc1ccc(Br)cc1S(=O)(=O)Nc1ccc2sccc2c1. The Labute approximate surface area is 134 Å². The zero-order chi connectivity index (χ0) is 15.0. The first kappa shape index (κ1) is 14.4. The number of nitrogens with one attached hydrogen (secondary N) is 1. The second-order valence-corrected chi connectivity index (χ2v) is 7.98. The summed E-state index contributed by atoms with van der Waals surface area (Å²) in [7, 11) is -3.72. The number of hydrogen-bond donors (Lipinski definition) is 2. The molecule has 2 aromatic carbocycles. The van der Waals surface area contributed by atoms with E-state index in [1.165, 1.54) is 6.07 Å². The van der Waals surface area contributed by atoms with Crippen LogP contribution in [0.15, 0.2) is 57.2 Å². The summed E-state index contributed by atoms with van der Waals surface area (Å²) in [5.74, 6) is 0. The Morgan fingerprint density at radius 1 is 1.10 bits per heavy atom. The van der Waals surface area contributed by atoms with Crippen molar-refractivity contribution in [2.45, 2.75) is 4.90 Å². The lowest BCUT2D eigenvalue weighted by Gasteiger charge is -2.10. The van der Waals surface area contributed by atoms with Crippen LogP contribution in [0.2, 0.25) is 0 Å². The van der Waals surface area contributed by atoms with Crippen LogP contribution in [-0.2, 0) is 10.0 Å². The van der Waals surface area contributed by atoms with Crippen molar-refractivity contribution in [1.29, 1.82) is 0 Å². The van der Waals surface area contributed by atoms with Crippen LogP contribution in [0.1, 0.15) is 0 Å². The van der Waals surface area contributed by atoms with Crippen molar-refractivity contribution in [3.63, 3.8) is 0 Å². The lowest BCUT2D eigenvalue weighted by atomic mass is 10.2. The highest BCUT2D eigenvalue weighted by atomic mass is 79.9. The predicted molar refractivity (Wildman–Crippen MR) is 91.2 cm³/mol. The molecule has 7 heteroatoms. The van der Waals surface area contributed by atoms with Gasteiger partial charge >= 0.3 is 0 Å². The zero-order valence-corrected chi connectivity index (χ0v) is 13.9. The molecule has 3 N–H and O–H groups in total. The van der Waals surface area contributed by atoms with Gasteiger partial charge in [-0.2, -0.15) is 0 Å². The smallest absolute Gasteiger partial charge is 0.263 e. The van der Waals surface area contributed by atoms with Gasteiger partial charge in [0.25, 0.3) is 10.0 Å². The fourth-order valence-electron chi connectivity index (χ4n) is 1.98. The lowest BCUT2D eigenvalue weighted by molar-refractivity contribution is 0.601. The first-order valence-corrected chi connectivity index (χ1v) is 9.16. The van der Waals surface area contributed by atoms with Crippen molar-refractivity contribution in [3.8, 4) is 0 Å². The van der Waals surface area contributed by atoms with Crippen molar-refractivity contribution in [1.82, 2.24) is 0 Å². The van der Waals surface area contributed by atoms with E-state index < -0.39 is 10.0 Å². The lowest BCUT2D eigenvalue weighted by Crippen LogP contribution is -2.14. The van der Waals surface area contributed by atoms with Crippen LogP contribution in [0.3, 0.4) is 0 Å². The number of benzene rings is 2. The maximum atomic E-state index is 12.4. The van der Waals surface area contributed by atoms with Gasteiger partial charge in [0, 0.05) is 14.9 Å². The molecule has 1 heterocycles. The van der Waals surface area contributed by atoms with Crippen molar-refractivity contribution < 1.29 is 8.42 Å². The van der Waals surface area contributed by atoms with E-state index in [2.05, 4.69) is 20.7 Å². The molecule has 1 aromatic heterocycles. The molecule has 0 aliphatic carbocycles. The maximum Gasteiger partial charge on any atom is 0.263 e. The summed E-state index contributed by atoms with van der Waals surface area (Å²) < 4.78 is 29.2. The van der Waals surface area contributed by atoms with Crippen LogP contribution in [0, 0.1) is 0 Å². The Kier molecular flexibility index (Phi) is 3.64. The van der Waals surface area contributed by atoms with Crippen LogP contribution in [-0.4, -0.2) is 8.42 Å². The summed E-state index contributed by atoms with van der Waals surface area (Å²) in [5.41, 5.74) is 6.49. The van der Waals surface area contributed by atoms with Crippen LogP contribution in [0.5, 0.6) is 0 Å². The second kappa shape index (κ2) is 5.32. The van der Waals surface area contributed by atoms with Crippen LogP contribution >= 0.6 is 27.3 Å². The molecular weight excluding hydrogens is 372 g/mol. The molecule has 0 atom stereocenters. The van der Waals surface area contributed by atoms with E-state index >= 15 is 0 Å². The largest absolute Gasteiger partial charge is 0.398 e. The molecule has 108 valence electrons. The third-order valence-corrected chi connectivity index (χ3v) is 5.80. The number of hydrogen-bond acceptors (Lipinski definition) is 4. The van der Waals surface area contributed by atoms with Gasteiger partial charge in [-0.1, -0.05) is 15.9 Å². The number of halogens is 1. The van der Waals surface area contributed by atoms with Gasteiger partial charge in [-0.15, -0.1) is 11.3 Å². The van der Waals surface area contributed by atoms with E-state index in [1.54, 1.807) is 35.6 Å². The molecule has 0 amide bonds. The van der Waals surface area contributed by atoms with Crippen molar-refractivity contribution in [2.24, 2.45) is 0 Å². The number of thiophene rings is 1. The van der Waals surface area contributed by atoms with E-state index in [-0.39, 0.29) is 10.6 Å². The molecule has 4 nitrogen and oxygen atoms in total. The third-order valence-electron chi connectivity index (χ3n) is 2.97. The summed E-state index contributed by atoms with van der Waals surface area (Å²) in [6.45, 7) is 0. The standard InChI is InChI=1S/C14H11BrN2O2S2/c15-10-1-3-12(16)14(8-10)21(18,19)17-11-2-4-13-9(7-11)5-6-20-13/h1-8,17H,16H2. The molecule has 0 radical (unpaired) electrons. The quantitative estimate of drug-likeness (QED) is 0.671. The maximum absolute atomic E-state index is 12.4. The van der Waals surface area contributed by atoms with E-state index in [1.807, 2.05) is 17.5 Å². The molecular formula is C14H11BrN2O2S2. The highest BCUT2D eigenvalue weighted by Gasteiger charge is 2.18. The molecule has 0 fully saturated rings. The van der Waals surface area contributed by atoms with Crippen LogP contribution in [0.4, 0.5) is 11.4 Å². The van der Waals surface area contributed by atoms with E-state index in [0.29, 0.717) is 10.2 Å². The number of nitrogens with two attached hydrogens (primary N) is 1. The highest BCUT2D eigenvalue weighted by Crippen LogP contribution is 2.28. The van der Waals surface area contributed by atoms with Crippen LogP contribution < -0.4 is 10.5 Å². The van der Waals surface area contributed by atoms with Gasteiger partial charge in [-0.25, -0.2) is 8.42 Å². The Bertz CT molecular complexity index is 920. The Hall–Kier alpha value is -1.57. The number of sulfonamides is 1. The molecule has 0 aliphatic heterocycles. The normalized spacial score (nSPS) is 11.7. The molecule has 0 saturated heterocycles. The molecule has 0 bridgehead atoms. The Morgan fingerprint density at radius 3 is 2.71 bits per heavy atom. The van der Waals surface area contributed by atoms with E-state index in [4.69, 9.17) is 5.73 Å². The van der Waals surface area contributed by atoms with Crippen molar-refractivity contribution >= 4 is 58.8 Å². The fraction of sp³-hybridized carbons (Fsp3) is 0. The predicted octanol–water partition coefficient (Wildman–Crippen LogP) is 4.05. The molecule has 0 saturated carbocycles. The number of rotatable bonds is 3. The zero-order valence-electron chi connectivity index (χ0n) is 10.7. The minimum Gasteiger partial charge on any atom is -0.398 e. The van der Waals surface area contributed by atoms with Gasteiger partial charge in [0.15, 0.2) is 0 Å². The highest BCUT2D eigenvalue weighted by molar-refractivity contribution is 9.10. The van der Waals surface area contributed by atoms with Gasteiger partial charge in [0.1, 0.15) is 4.90 Å². The summed E-state index contributed by atoms with van der Waals surface area (Å²) in [6, 6.07) is 12.1. The summed E-state index contributed by atoms with van der Waals surface area (Å²) in [6.07, 6.45) is 0. The van der Waals surface area contributed by atoms with Gasteiger partial charge in [0.2, 0.25) is 0 Å². The third kappa shape index (κ3) is 2.90. The molecule has 0 unspecified atom stereocenters. The summed E-state index contributed by atoms with van der Waals surface area (Å²) in [4.78, 5) is 0.0577. The van der Waals surface area contributed by atoms with Gasteiger partial charge in [0.05, 0.1) is 5.69 Å². The van der Waals surface area contributed by atoms with Crippen LogP contribution in [0.25, 0.3) is 10.1 Å². The fourth-order valence-corrected chi connectivity index (χ4v) is 4.47. The van der Waals surface area contributed by atoms with Gasteiger partial charge in [-0.3, -0.25) is 4.72 Å². The number of fused-ring (bicyclic) bond motifs is 1. The van der Waals surface area contributed by atoms with Gasteiger partial charge in [-0.05, 0) is 53.2 Å². The average Bonchev–Trinajstić information content (AvgIpc) is 2.88. The monoisotopic (exact) mass is 382 g/mol. The minimum atomic E-state index is -3.72. The first-order chi connectivity index (χ1) is 9.95. The Morgan fingerprint density at radius 2 is 1.90 bits per heavy atom. The number of nitrogen functional groups attached to an aromatic ring is 1. The second-order valence-electron chi connectivity index (χ2n) is 4.46. The molecule has 3 aromatic rings. The summed E-state index contributed by atoms with van der Waals surface area (Å²) in [5, 5.41) is 2.97. The molecule has 3 rings (SSSR count). The van der Waals surface area contributed by atoms with E-state index in [0.717, 1.165) is 10.1 Å². The average molecular weight is 383 g/mol. The Balaban J connectivity index is 2.00. The van der Waals surface area contributed by atoms with Crippen molar-refractivity contribution in [3.05, 3.63) is 52.3 Å². The van der Waals surface area contributed by atoms with Crippen molar-refractivity contribution in [2.75, 3.05) is 10.5 Å². The molecule has 21 heavy (non-hydrogen) atoms. The topological polar surface area (TPSA) is 72.2 Å². The van der Waals surface area contributed by atoms with Gasteiger partial charge < -0.3 is 5.73 Å². The van der Waals surface area contributed by atoms with E-state index in [9.17, 15) is 8.42 Å².